The topological polar surface area (TPSA) is 51.5 Å². The van der Waals surface area contributed by atoms with E-state index in [9.17, 15) is 9.90 Å². The van der Waals surface area contributed by atoms with E-state index in [0.717, 1.165) is 49.1 Å². The van der Waals surface area contributed by atoms with E-state index in [1.54, 1.807) is 6.07 Å². The normalized spacial score (nSPS) is 16.5. The lowest BCUT2D eigenvalue weighted by Crippen LogP contribution is -2.22. The van der Waals surface area contributed by atoms with Gasteiger partial charge in [0.25, 0.3) is 0 Å². The van der Waals surface area contributed by atoms with Crippen LogP contribution in [0.15, 0.2) is 18.2 Å². The molecule has 0 atom stereocenters. The Morgan fingerprint density at radius 3 is 2.67 bits per heavy atom. The lowest BCUT2D eigenvalue weighted by atomic mass is 10.00. The van der Waals surface area contributed by atoms with Gasteiger partial charge in [0.15, 0.2) is 0 Å². The number of nitrogens with zero attached hydrogens (tertiary/aromatic N) is 1. The average Bonchev–Trinajstić information content (AvgIpc) is 2.79. The Hall–Kier alpha value is -1.81. The Kier molecular flexibility index (Phi) is 3.72. The first-order valence-corrected chi connectivity index (χ1v) is 7.48. The highest BCUT2D eigenvalue weighted by Gasteiger charge is 2.21. The van der Waals surface area contributed by atoms with Crippen LogP contribution in [-0.4, -0.2) is 28.9 Å². The summed E-state index contributed by atoms with van der Waals surface area (Å²) in [5.41, 5.74) is 3.76. The predicted octanol–water partition coefficient (Wildman–Crippen LogP) is 3.38. The minimum Gasteiger partial charge on any atom is -0.477 e. The number of carbonyl (C=O) groups is 1. The van der Waals surface area contributed by atoms with Gasteiger partial charge in [-0.05, 0) is 50.3 Å². The number of aromatic nitrogens is 1. The zero-order valence-electron chi connectivity index (χ0n) is 12.6. The minimum atomic E-state index is -0.852. The minimum absolute atomic E-state index is 0.394. The van der Waals surface area contributed by atoms with Crippen molar-refractivity contribution >= 4 is 16.9 Å². The van der Waals surface area contributed by atoms with Gasteiger partial charge in [-0.3, -0.25) is 0 Å². The highest BCUT2D eigenvalue weighted by Crippen LogP contribution is 2.28. The van der Waals surface area contributed by atoms with Crippen LogP contribution in [0, 0.1) is 19.8 Å². The van der Waals surface area contributed by atoms with Gasteiger partial charge in [-0.15, -0.1) is 0 Å². The smallest absolute Gasteiger partial charge is 0.352 e. The molecule has 0 amide bonds. The van der Waals surface area contributed by atoms with Crippen LogP contribution in [0.25, 0.3) is 10.9 Å². The van der Waals surface area contributed by atoms with Crippen LogP contribution in [0.3, 0.4) is 0 Å². The summed E-state index contributed by atoms with van der Waals surface area (Å²) in [7, 11) is 0. The Morgan fingerprint density at radius 2 is 2.00 bits per heavy atom. The number of carboxylic acid groups (broad SMARTS) is 1. The van der Waals surface area contributed by atoms with Gasteiger partial charge in [0, 0.05) is 25.1 Å². The number of hydrogen-bond donors (Lipinski definition) is 1. The van der Waals surface area contributed by atoms with Gasteiger partial charge >= 0.3 is 5.97 Å². The Balaban J connectivity index is 2.09. The SMILES string of the molecule is Cc1cc(C)c2c(c1)cc(C(=O)O)n2CC1CCOCC1. The maximum Gasteiger partial charge on any atom is 0.352 e. The van der Waals surface area contributed by atoms with Crippen molar-refractivity contribution in [2.24, 2.45) is 5.92 Å². The molecule has 0 unspecified atom stereocenters. The first-order valence-electron chi connectivity index (χ1n) is 7.48. The molecule has 2 heterocycles. The molecule has 0 saturated carbocycles. The van der Waals surface area contributed by atoms with Crippen LogP contribution in [-0.2, 0) is 11.3 Å². The number of fused-ring (bicyclic) bond motifs is 1. The molecule has 112 valence electrons. The summed E-state index contributed by atoms with van der Waals surface area (Å²) in [5.74, 6) is -0.358. The second kappa shape index (κ2) is 5.53. The summed E-state index contributed by atoms with van der Waals surface area (Å²) in [6.07, 6.45) is 2.01. The molecule has 1 aliphatic heterocycles. The van der Waals surface area contributed by atoms with E-state index in [4.69, 9.17) is 4.74 Å². The molecule has 2 aromatic rings. The van der Waals surface area contributed by atoms with Crippen molar-refractivity contribution in [2.75, 3.05) is 13.2 Å². The molecule has 1 N–H and O–H groups in total. The van der Waals surface area contributed by atoms with E-state index in [2.05, 4.69) is 19.1 Å². The number of aryl methyl sites for hydroxylation is 2. The molecule has 0 spiro atoms. The summed E-state index contributed by atoms with van der Waals surface area (Å²) in [6, 6.07) is 5.99. The summed E-state index contributed by atoms with van der Waals surface area (Å²) in [6.45, 7) is 6.43. The number of hydrogen-bond acceptors (Lipinski definition) is 2. The summed E-state index contributed by atoms with van der Waals surface area (Å²) >= 11 is 0. The molecule has 21 heavy (non-hydrogen) atoms. The van der Waals surface area contributed by atoms with Gasteiger partial charge in [0.2, 0.25) is 0 Å². The first kappa shape index (κ1) is 14.1. The van der Waals surface area contributed by atoms with Gasteiger partial charge in [-0.1, -0.05) is 11.6 Å². The van der Waals surface area contributed by atoms with Crippen LogP contribution in [0.2, 0.25) is 0 Å². The van der Waals surface area contributed by atoms with Gasteiger partial charge in [0.1, 0.15) is 5.69 Å². The molecule has 0 radical (unpaired) electrons. The standard InChI is InChI=1S/C17H21NO3/c1-11-7-12(2)16-14(8-11)9-15(17(19)20)18(16)10-13-3-5-21-6-4-13/h7-9,13H,3-6,10H2,1-2H3,(H,19,20). The van der Waals surface area contributed by atoms with Gasteiger partial charge in [0.05, 0.1) is 5.52 Å². The maximum atomic E-state index is 11.6. The van der Waals surface area contributed by atoms with Crippen molar-refractivity contribution in [2.45, 2.75) is 33.2 Å². The number of aromatic carboxylic acids is 1. The fourth-order valence-corrected chi connectivity index (χ4v) is 3.37. The lowest BCUT2D eigenvalue weighted by Gasteiger charge is -2.24. The molecule has 0 aliphatic carbocycles. The molecule has 1 aromatic heterocycles. The highest BCUT2D eigenvalue weighted by molar-refractivity contribution is 5.96. The number of rotatable bonds is 3. The van der Waals surface area contributed by atoms with E-state index in [0.29, 0.717) is 11.6 Å². The van der Waals surface area contributed by atoms with E-state index in [1.807, 2.05) is 11.5 Å². The molecule has 4 heteroatoms. The van der Waals surface area contributed by atoms with Crippen molar-refractivity contribution in [3.63, 3.8) is 0 Å². The third-order valence-corrected chi connectivity index (χ3v) is 4.33. The molecule has 1 fully saturated rings. The third kappa shape index (κ3) is 2.68. The second-order valence-electron chi connectivity index (χ2n) is 6.02. The zero-order valence-corrected chi connectivity index (χ0v) is 12.6. The molecule has 1 saturated heterocycles. The molecule has 1 aliphatic rings. The van der Waals surface area contributed by atoms with E-state index in [1.165, 1.54) is 5.56 Å². The van der Waals surface area contributed by atoms with Gasteiger partial charge in [-0.2, -0.15) is 0 Å². The van der Waals surface area contributed by atoms with Crippen LogP contribution in [0.5, 0.6) is 0 Å². The van der Waals surface area contributed by atoms with Gasteiger partial charge < -0.3 is 14.4 Å². The number of carboxylic acids is 1. The summed E-state index contributed by atoms with van der Waals surface area (Å²) in [5, 5.41) is 10.5. The van der Waals surface area contributed by atoms with Crippen molar-refractivity contribution in [1.82, 2.24) is 4.57 Å². The van der Waals surface area contributed by atoms with Crippen molar-refractivity contribution in [3.8, 4) is 0 Å². The van der Waals surface area contributed by atoms with Crippen molar-refractivity contribution in [1.29, 1.82) is 0 Å². The molecular weight excluding hydrogens is 266 g/mol. The largest absolute Gasteiger partial charge is 0.477 e. The second-order valence-corrected chi connectivity index (χ2v) is 6.02. The lowest BCUT2D eigenvalue weighted by molar-refractivity contribution is 0.0597. The fraction of sp³-hybridized carbons (Fsp3) is 0.471. The number of benzene rings is 1. The van der Waals surface area contributed by atoms with Crippen LogP contribution >= 0.6 is 0 Å². The van der Waals surface area contributed by atoms with Crippen molar-refractivity contribution in [3.05, 3.63) is 35.0 Å². The van der Waals surface area contributed by atoms with Crippen molar-refractivity contribution < 1.29 is 14.6 Å². The molecule has 1 aromatic carbocycles. The summed E-state index contributed by atoms with van der Waals surface area (Å²) < 4.78 is 7.39. The fourth-order valence-electron chi connectivity index (χ4n) is 3.37. The Morgan fingerprint density at radius 1 is 1.29 bits per heavy atom. The molecule has 0 bridgehead atoms. The number of ether oxygens (including phenoxy) is 1. The quantitative estimate of drug-likeness (QED) is 0.941. The van der Waals surface area contributed by atoms with Crippen LogP contribution in [0.4, 0.5) is 0 Å². The van der Waals surface area contributed by atoms with E-state index >= 15 is 0 Å². The summed E-state index contributed by atoms with van der Waals surface area (Å²) in [4.78, 5) is 11.6. The van der Waals surface area contributed by atoms with E-state index in [-0.39, 0.29) is 0 Å². The molecule has 4 nitrogen and oxygen atoms in total. The predicted molar refractivity (Wildman–Crippen MR) is 81.9 cm³/mol. The maximum absolute atomic E-state index is 11.6. The average molecular weight is 287 g/mol. The Bertz CT molecular complexity index is 681. The molecule has 3 rings (SSSR count). The van der Waals surface area contributed by atoms with Crippen LogP contribution < -0.4 is 0 Å². The Labute approximate surface area is 124 Å². The highest BCUT2D eigenvalue weighted by atomic mass is 16.5. The van der Waals surface area contributed by atoms with Gasteiger partial charge in [-0.25, -0.2) is 4.79 Å². The molecular formula is C17H21NO3. The van der Waals surface area contributed by atoms with Crippen LogP contribution in [0.1, 0.15) is 34.5 Å². The third-order valence-electron chi connectivity index (χ3n) is 4.33. The monoisotopic (exact) mass is 287 g/mol. The zero-order chi connectivity index (χ0) is 15.0. The van der Waals surface area contributed by atoms with E-state index < -0.39 is 5.97 Å². The first-order chi connectivity index (χ1) is 10.1.